The van der Waals surface area contributed by atoms with Crippen molar-refractivity contribution in [3.05, 3.63) is 0 Å². The lowest BCUT2D eigenvalue weighted by Crippen LogP contribution is -2.33. The second-order valence-electron chi connectivity index (χ2n) is 3.51. The Hall–Kier alpha value is -0.160. The maximum absolute atomic E-state index is 5.64. The molecule has 0 aliphatic carbocycles. The summed E-state index contributed by atoms with van der Waals surface area (Å²) >= 11 is 0. The lowest BCUT2D eigenvalue weighted by Gasteiger charge is -2.19. The Kier molecular flexibility index (Phi) is 6.10. The first-order valence-corrected chi connectivity index (χ1v) is 5.27. The van der Waals surface area contributed by atoms with Gasteiger partial charge in [-0.15, -0.1) is 0 Å². The van der Waals surface area contributed by atoms with Crippen LogP contribution in [0.15, 0.2) is 0 Å². The van der Waals surface area contributed by atoms with Gasteiger partial charge in [0.1, 0.15) is 0 Å². The first-order chi connectivity index (χ1) is 6.43. The van der Waals surface area contributed by atoms with Crippen molar-refractivity contribution in [3.8, 4) is 0 Å². The molecule has 0 spiro atoms. The van der Waals surface area contributed by atoms with E-state index in [2.05, 4.69) is 15.5 Å². The summed E-state index contributed by atoms with van der Waals surface area (Å²) in [4.78, 5) is 2.31. The van der Waals surface area contributed by atoms with E-state index in [1.54, 1.807) is 0 Å². The molecule has 0 aromatic rings. The van der Waals surface area contributed by atoms with Gasteiger partial charge in [-0.3, -0.25) is 4.90 Å². The summed E-state index contributed by atoms with van der Waals surface area (Å²) in [6, 6.07) is 0. The Morgan fingerprint density at radius 1 is 0.923 bits per heavy atom. The molecule has 4 N–H and O–H groups in total. The van der Waals surface area contributed by atoms with Gasteiger partial charge in [0.2, 0.25) is 0 Å². The van der Waals surface area contributed by atoms with Crippen molar-refractivity contribution in [2.45, 2.75) is 12.8 Å². The van der Waals surface area contributed by atoms with Gasteiger partial charge in [-0.2, -0.15) is 0 Å². The molecule has 0 unspecified atom stereocenters. The lowest BCUT2D eigenvalue weighted by molar-refractivity contribution is 0.275. The summed E-state index contributed by atoms with van der Waals surface area (Å²) < 4.78 is 0. The quantitative estimate of drug-likeness (QED) is 0.501. The second-order valence-corrected chi connectivity index (χ2v) is 3.51. The smallest absolute Gasteiger partial charge is 0.0455 e. The fourth-order valence-corrected chi connectivity index (χ4v) is 1.58. The monoisotopic (exact) mass is 186 g/mol. The molecule has 1 aliphatic rings. The molecule has 4 heteroatoms. The van der Waals surface area contributed by atoms with Gasteiger partial charge < -0.3 is 16.4 Å². The van der Waals surface area contributed by atoms with Gasteiger partial charge in [0.05, 0.1) is 0 Å². The summed E-state index contributed by atoms with van der Waals surface area (Å²) in [5, 5.41) is 6.79. The first-order valence-electron chi connectivity index (χ1n) is 5.27. The van der Waals surface area contributed by atoms with Crippen LogP contribution in [-0.4, -0.2) is 50.8 Å². The molecule has 1 saturated heterocycles. The van der Waals surface area contributed by atoms with E-state index in [0.717, 1.165) is 39.3 Å². The van der Waals surface area contributed by atoms with E-state index >= 15 is 0 Å². The van der Waals surface area contributed by atoms with Gasteiger partial charge in [0, 0.05) is 32.8 Å². The summed E-state index contributed by atoms with van der Waals surface area (Å²) in [5.41, 5.74) is 5.64. The van der Waals surface area contributed by atoms with Crippen LogP contribution in [0.25, 0.3) is 0 Å². The van der Waals surface area contributed by atoms with Gasteiger partial charge >= 0.3 is 0 Å². The Morgan fingerprint density at radius 3 is 1.92 bits per heavy atom. The number of nitrogens with one attached hydrogen (secondary N) is 2. The number of nitrogens with zero attached hydrogens (tertiary/aromatic N) is 1. The predicted molar refractivity (Wildman–Crippen MR) is 55.6 cm³/mol. The van der Waals surface area contributed by atoms with E-state index in [-0.39, 0.29) is 0 Å². The van der Waals surface area contributed by atoms with E-state index in [1.807, 2.05) is 0 Å². The molecule has 1 fully saturated rings. The minimum absolute atomic E-state index is 0.694. The van der Waals surface area contributed by atoms with Crippen LogP contribution in [-0.2, 0) is 0 Å². The molecule has 78 valence electrons. The highest BCUT2D eigenvalue weighted by atomic mass is 15.2. The minimum atomic E-state index is 0.694. The van der Waals surface area contributed by atoms with E-state index in [9.17, 15) is 0 Å². The van der Waals surface area contributed by atoms with Crippen molar-refractivity contribution in [2.75, 3.05) is 45.9 Å². The van der Waals surface area contributed by atoms with Crippen LogP contribution in [0, 0.1) is 0 Å². The van der Waals surface area contributed by atoms with Crippen molar-refractivity contribution in [2.24, 2.45) is 5.73 Å². The molecule has 1 aliphatic heterocycles. The Morgan fingerprint density at radius 2 is 1.46 bits per heavy atom. The topological polar surface area (TPSA) is 53.3 Å². The molecule has 0 atom stereocenters. The number of hydrogen-bond acceptors (Lipinski definition) is 4. The van der Waals surface area contributed by atoms with Gasteiger partial charge in [-0.1, -0.05) is 0 Å². The molecule has 0 bridgehead atoms. The largest absolute Gasteiger partial charge is 0.318 e. The van der Waals surface area contributed by atoms with Gasteiger partial charge in [0.25, 0.3) is 0 Å². The Labute approximate surface area is 80.9 Å². The van der Waals surface area contributed by atoms with Crippen LogP contribution in [0.5, 0.6) is 0 Å². The molecule has 0 aromatic heterocycles. The molecular weight excluding hydrogens is 164 g/mol. The normalized spacial score (nSPS) is 23.8. The van der Waals surface area contributed by atoms with Gasteiger partial charge in [-0.25, -0.2) is 0 Å². The summed E-state index contributed by atoms with van der Waals surface area (Å²) in [6.07, 6.45) is 2.41. The van der Waals surface area contributed by atoms with E-state index in [1.165, 1.54) is 12.8 Å². The zero-order valence-corrected chi connectivity index (χ0v) is 8.39. The van der Waals surface area contributed by atoms with Crippen molar-refractivity contribution in [3.63, 3.8) is 0 Å². The third-order valence-electron chi connectivity index (χ3n) is 2.39. The number of rotatable bonds is 1. The molecular formula is C9H22N4. The van der Waals surface area contributed by atoms with Crippen molar-refractivity contribution in [1.29, 1.82) is 0 Å². The summed E-state index contributed by atoms with van der Waals surface area (Å²) in [6.45, 7) is 7.34. The minimum Gasteiger partial charge on any atom is -0.318 e. The van der Waals surface area contributed by atoms with Crippen LogP contribution < -0.4 is 16.4 Å². The van der Waals surface area contributed by atoms with Crippen LogP contribution >= 0.6 is 0 Å². The molecule has 1 heterocycles. The fraction of sp³-hybridized carbons (Fsp3) is 1.00. The highest BCUT2D eigenvalue weighted by Crippen LogP contribution is 1.91. The van der Waals surface area contributed by atoms with Crippen LogP contribution in [0.1, 0.15) is 12.8 Å². The maximum Gasteiger partial charge on any atom is 0.0455 e. The molecule has 0 saturated carbocycles. The third-order valence-corrected chi connectivity index (χ3v) is 2.39. The maximum atomic E-state index is 5.64. The molecule has 1 rings (SSSR count). The van der Waals surface area contributed by atoms with Crippen LogP contribution in [0.2, 0.25) is 0 Å². The second kappa shape index (κ2) is 7.26. The highest BCUT2D eigenvalue weighted by molar-refractivity contribution is 4.61. The van der Waals surface area contributed by atoms with E-state index in [4.69, 9.17) is 5.73 Å². The van der Waals surface area contributed by atoms with Crippen molar-refractivity contribution < 1.29 is 0 Å². The van der Waals surface area contributed by atoms with Gasteiger partial charge in [-0.05, 0) is 25.9 Å². The first kappa shape index (κ1) is 10.9. The summed E-state index contributed by atoms with van der Waals surface area (Å²) in [7, 11) is 0. The lowest BCUT2D eigenvalue weighted by atomic mass is 10.3. The molecule has 13 heavy (non-hydrogen) atoms. The van der Waals surface area contributed by atoms with Gasteiger partial charge in [0.15, 0.2) is 0 Å². The van der Waals surface area contributed by atoms with E-state index < -0.39 is 0 Å². The van der Waals surface area contributed by atoms with Crippen molar-refractivity contribution in [1.82, 2.24) is 15.5 Å². The van der Waals surface area contributed by atoms with Crippen LogP contribution in [0.3, 0.4) is 0 Å². The molecule has 0 amide bonds. The summed E-state index contributed by atoms with van der Waals surface area (Å²) in [5.74, 6) is 0. The van der Waals surface area contributed by atoms with Crippen molar-refractivity contribution >= 4 is 0 Å². The molecule has 4 nitrogen and oxygen atoms in total. The average Bonchev–Trinajstić information content (AvgIpc) is 2.22. The standard InChI is InChI=1S/C9H22N4/c10-9-13-7-1-3-11-5-6-12-4-2-8-13/h11-12H,1-10H2. The average molecular weight is 186 g/mol. The zero-order valence-electron chi connectivity index (χ0n) is 8.39. The molecule has 0 aromatic carbocycles. The number of hydrogen-bond donors (Lipinski definition) is 3. The Balaban J connectivity index is 2.18. The molecule has 0 radical (unpaired) electrons. The van der Waals surface area contributed by atoms with Crippen LogP contribution in [0.4, 0.5) is 0 Å². The third kappa shape index (κ3) is 5.21. The predicted octanol–water partition coefficient (Wildman–Crippen LogP) is -0.822. The fourth-order valence-electron chi connectivity index (χ4n) is 1.58. The number of nitrogens with two attached hydrogens (primary N) is 1. The Bertz CT molecular complexity index is 106. The zero-order chi connectivity index (χ0) is 9.36. The van der Waals surface area contributed by atoms with E-state index in [0.29, 0.717) is 6.67 Å². The highest BCUT2D eigenvalue weighted by Gasteiger charge is 2.02. The SMILES string of the molecule is NCN1CCCNCCNCCC1.